The first-order valence-corrected chi connectivity index (χ1v) is 13.0. The quantitative estimate of drug-likeness (QED) is 0.449. The molecule has 1 aliphatic heterocycles. The second kappa shape index (κ2) is 11.1. The molecule has 1 amide bonds. The van der Waals surface area contributed by atoms with Crippen LogP contribution in [0.1, 0.15) is 55.9 Å². The first kappa shape index (κ1) is 26.9. The van der Waals surface area contributed by atoms with Gasteiger partial charge in [-0.05, 0) is 67.1 Å². The Balaban J connectivity index is 1.40. The monoisotopic (exact) mass is 506 g/mol. The Morgan fingerprint density at radius 1 is 1.16 bits per heavy atom. The SMILES string of the molecule is Cc1c(Cc2ccc(C(C)(C)C)cc2)c(=O)oc2cc(OCC(O)CN3CCC(C(N)=O)CC3)ccc12. The number of carbonyl (C=O) groups excluding carboxylic acids is 1. The van der Waals surface area contributed by atoms with E-state index in [-0.39, 0.29) is 29.5 Å². The number of fused-ring (bicyclic) bond motifs is 1. The highest BCUT2D eigenvalue weighted by molar-refractivity contribution is 5.82. The molecule has 198 valence electrons. The van der Waals surface area contributed by atoms with Gasteiger partial charge in [-0.25, -0.2) is 4.79 Å². The molecule has 0 spiro atoms. The lowest BCUT2D eigenvalue weighted by atomic mass is 9.86. The topological polar surface area (TPSA) is 106 Å². The zero-order chi connectivity index (χ0) is 26.7. The van der Waals surface area contributed by atoms with Crippen LogP contribution in [0.15, 0.2) is 51.7 Å². The van der Waals surface area contributed by atoms with Crippen molar-refractivity contribution in [3.63, 3.8) is 0 Å². The molecule has 1 saturated heterocycles. The van der Waals surface area contributed by atoms with Crippen LogP contribution >= 0.6 is 0 Å². The van der Waals surface area contributed by atoms with Crippen LogP contribution in [0, 0.1) is 12.8 Å². The van der Waals surface area contributed by atoms with E-state index in [1.807, 2.05) is 19.1 Å². The number of piperidine rings is 1. The molecule has 1 aromatic heterocycles. The number of aliphatic hydroxyl groups excluding tert-OH is 1. The predicted octanol–water partition coefficient (Wildman–Crippen LogP) is 3.93. The van der Waals surface area contributed by atoms with Crippen molar-refractivity contribution in [1.82, 2.24) is 4.90 Å². The number of hydrogen-bond donors (Lipinski definition) is 2. The van der Waals surface area contributed by atoms with E-state index < -0.39 is 6.10 Å². The number of carbonyl (C=O) groups is 1. The Kier molecular flexibility index (Phi) is 8.05. The van der Waals surface area contributed by atoms with Gasteiger partial charge in [0.1, 0.15) is 24.0 Å². The van der Waals surface area contributed by atoms with Gasteiger partial charge in [-0.2, -0.15) is 0 Å². The van der Waals surface area contributed by atoms with Crippen LogP contribution in [0.25, 0.3) is 11.0 Å². The third-order valence-electron chi connectivity index (χ3n) is 7.36. The summed E-state index contributed by atoms with van der Waals surface area (Å²) in [5.41, 5.74) is 9.46. The van der Waals surface area contributed by atoms with Gasteiger partial charge in [0.25, 0.3) is 0 Å². The number of aliphatic hydroxyl groups is 1. The molecule has 1 aliphatic rings. The smallest absolute Gasteiger partial charge is 0.340 e. The maximum atomic E-state index is 12.9. The number of primary amides is 1. The van der Waals surface area contributed by atoms with Crippen molar-refractivity contribution in [2.45, 2.75) is 58.5 Å². The molecular weight excluding hydrogens is 468 g/mol. The molecule has 3 aromatic rings. The summed E-state index contributed by atoms with van der Waals surface area (Å²) in [4.78, 5) is 26.3. The van der Waals surface area contributed by atoms with Crippen LogP contribution in [-0.4, -0.2) is 48.3 Å². The highest BCUT2D eigenvalue weighted by Gasteiger charge is 2.24. The molecule has 2 aromatic carbocycles. The Hall–Kier alpha value is -3.16. The van der Waals surface area contributed by atoms with Crippen molar-refractivity contribution < 1.29 is 19.1 Å². The van der Waals surface area contributed by atoms with Crippen LogP contribution in [0.4, 0.5) is 0 Å². The van der Waals surface area contributed by atoms with Crippen molar-refractivity contribution in [2.75, 3.05) is 26.2 Å². The summed E-state index contributed by atoms with van der Waals surface area (Å²) < 4.78 is 11.5. The van der Waals surface area contributed by atoms with Crippen molar-refractivity contribution in [3.8, 4) is 5.75 Å². The predicted molar refractivity (Wildman–Crippen MR) is 145 cm³/mol. The number of ether oxygens (including phenoxy) is 1. The lowest BCUT2D eigenvalue weighted by molar-refractivity contribution is -0.123. The maximum absolute atomic E-state index is 12.9. The molecule has 4 rings (SSSR count). The number of rotatable bonds is 8. The lowest BCUT2D eigenvalue weighted by Crippen LogP contribution is -2.43. The summed E-state index contributed by atoms with van der Waals surface area (Å²) in [6.45, 7) is 10.5. The average Bonchev–Trinajstić information content (AvgIpc) is 2.85. The molecule has 1 unspecified atom stereocenters. The van der Waals surface area contributed by atoms with E-state index in [2.05, 4.69) is 49.9 Å². The Labute approximate surface area is 218 Å². The molecule has 0 radical (unpaired) electrons. The van der Waals surface area contributed by atoms with E-state index in [0.717, 1.165) is 42.4 Å². The van der Waals surface area contributed by atoms with E-state index in [0.29, 0.717) is 29.9 Å². The molecule has 0 bridgehead atoms. The fraction of sp³-hybridized carbons (Fsp3) is 0.467. The molecule has 0 saturated carbocycles. The average molecular weight is 507 g/mol. The van der Waals surface area contributed by atoms with Gasteiger partial charge in [-0.1, -0.05) is 45.0 Å². The molecule has 1 fully saturated rings. The number of likely N-dealkylation sites (tertiary alicyclic amines) is 1. The molecule has 37 heavy (non-hydrogen) atoms. The highest BCUT2D eigenvalue weighted by Crippen LogP contribution is 2.27. The fourth-order valence-electron chi connectivity index (χ4n) is 4.94. The van der Waals surface area contributed by atoms with Gasteiger partial charge >= 0.3 is 5.63 Å². The van der Waals surface area contributed by atoms with Gasteiger partial charge in [0.2, 0.25) is 5.91 Å². The maximum Gasteiger partial charge on any atom is 0.340 e. The molecular formula is C30H38N2O5. The van der Waals surface area contributed by atoms with Crippen molar-refractivity contribution in [3.05, 3.63) is 75.1 Å². The first-order valence-electron chi connectivity index (χ1n) is 13.0. The van der Waals surface area contributed by atoms with E-state index in [9.17, 15) is 14.7 Å². The summed E-state index contributed by atoms with van der Waals surface area (Å²) in [7, 11) is 0. The third-order valence-corrected chi connectivity index (χ3v) is 7.36. The van der Waals surface area contributed by atoms with Crippen LogP contribution in [0.2, 0.25) is 0 Å². The minimum atomic E-state index is -0.679. The molecule has 2 heterocycles. The molecule has 7 nitrogen and oxygen atoms in total. The third kappa shape index (κ3) is 6.59. The van der Waals surface area contributed by atoms with Crippen molar-refractivity contribution in [1.29, 1.82) is 0 Å². The van der Waals surface area contributed by atoms with Gasteiger partial charge in [-0.3, -0.25) is 4.79 Å². The molecule has 1 atom stereocenters. The van der Waals surface area contributed by atoms with Gasteiger partial charge in [0.15, 0.2) is 0 Å². The Bertz CT molecular complexity index is 1300. The Morgan fingerprint density at radius 3 is 2.46 bits per heavy atom. The van der Waals surface area contributed by atoms with E-state index >= 15 is 0 Å². The second-order valence-electron chi connectivity index (χ2n) is 11.2. The normalized spacial score (nSPS) is 16.1. The van der Waals surface area contributed by atoms with Gasteiger partial charge in [-0.15, -0.1) is 0 Å². The number of β-amino-alcohol motifs (C(OH)–C–C–N with tert-alkyl or cyclic N) is 1. The number of amides is 1. The highest BCUT2D eigenvalue weighted by atomic mass is 16.5. The number of nitrogens with two attached hydrogens (primary N) is 1. The summed E-state index contributed by atoms with van der Waals surface area (Å²) >= 11 is 0. The van der Waals surface area contributed by atoms with E-state index in [1.54, 1.807) is 6.07 Å². The van der Waals surface area contributed by atoms with Crippen molar-refractivity contribution in [2.24, 2.45) is 11.7 Å². The van der Waals surface area contributed by atoms with Crippen LogP contribution in [0.5, 0.6) is 5.75 Å². The number of benzene rings is 2. The van der Waals surface area contributed by atoms with Gasteiger partial charge in [0, 0.05) is 35.9 Å². The largest absolute Gasteiger partial charge is 0.491 e. The zero-order valence-corrected chi connectivity index (χ0v) is 22.3. The summed E-state index contributed by atoms with van der Waals surface area (Å²) in [6.07, 6.45) is 1.27. The minimum absolute atomic E-state index is 0.0742. The molecule has 3 N–H and O–H groups in total. The number of aryl methyl sites for hydroxylation is 1. The standard InChI is InChI=1S/C30H38N2O5/c1-19-25-10-9-24(36-18-23(33)17-32-13-11-21(12-14-32)28(31)34)16-27(25)37-29(35)26(19)15-20-5-7-22(8-6-20)30(2,3)4/h5-10,16,21,23,33H,11-15,17-18H2,1-4H3,(H2,31,34). The summed E-state index contributed by atoms with van der Waals surface area (Å²) in [5, 5.41) is 11.3. The van der Waals surface area contributed by atoms with Crippen LogP contribution < -0.4 is 16.1 Å². The first-order chi connectivity index (χ1) is 17.5. The van der Waals surface area contributed by atoms with Gasteiger partial charge in [0.05, 0.1) is 0 Å². The van der Waals surface area contributed by atoms with Crippen LogP contribution in [0.3, 0.4) is 0 Å². The van der Waals surface area contributed by atoms with Crippen LogP contribution in [-0.2, 0) is 16.6 Å². The van der Waals surface area contributed by atoms with Gasteiger partial charge < -0.3 is 24.9 Å². The minimum Gasteiger partial charge on any atom is -0.491 e. The Morgan fingerprint density at radius 2 is 1.84 bits per heavy atom. The second-order valence-corrected chi connectivity index (χ2v) is 11.2. The summed E-state index contributed by atoms with van der Waals surface area (Å²) in [6, 6.07) is 13.8. The molecule has 7 heteroatoms. The number of hydrogen-bond acceptors (Lipinski definition) is 6. The van der Waals surface area contributed by atoms with E-state index in [1.165, 1.54) is 5.56 Å². The number of nitrogens with zero attached hydrogens (tertiary/aromatic N) is 1. The fourth-order valence-corrected chi connectivity index (χ4v) is 4.94. The zero-order valence-electron chi connectivity index (χ0n) is 22.3. The summed E-state index contributed by atoms with van der Waals surface area (Å²) in [5.74, 6) is 0.213. The lowest BCUT2D eigenvalue weighted by Gasteiger charge is -2.31. The van der Waals surface area contributed by atoms with Crippen molar-refractivity contribution >= 4 is 16.9 Å². The van der Waals surface area contributed by atoms with E-state index in [4.69, 9.17) is 14.9 Å². The molecule has 0 aliphatic carbocycles.